The van der Waals surface area contributed by atoms with Crippen LogP contribution in [0, 0.1) is 23.1 Å². The van der Waals surface area contributed by atoms with Gasteiger partial charge in [-0.3, -0.25) is 4.90 Å². The molecule has 112 valence electrons. The van der Waals surface area contributed by atoms with E-state index in [4.69, 9.17) is 5.26 Å². The molecular formula is C16H20FN3O. The molecule has 1 saturated carbocycles. The molecule has 0 aromatic heterocycles. The first-order valence-electron chi connectivity index (χ1n) is 7.56. The molecule has 1 aliphatic carbocycles. The van der Waals surface area contributed by atoms with Crippen LogP contribution in [-0.4, -0.2) is 36.2 Å². The average molecular weight is 289 g/mol. The van der Waals surface area contributed by atoms with Gasteiger partial charge in [-0.15, -0.1) is 0 Å². The Morgan fingerprint density at radius 3 is 2.71 bits per heavy atom. The van der Waals surface area contributed by atoms with Crippen LogP contribution >= 0.6 is 0 Å². The molecule has 0 unspecified atom stereocenters. The van der Waals surface area contributed by atoms with Crippen molar-refractivity contribution in [1.82, 2.24) is 10.2 Å². The van der Waals surface area contributed by atoms with Crippen molar-refractivity contribution in [3.63, 3.8) is 0 Å². The molecule has 5 heteroatoms. The minimum Gasteiger partial charge on any atom is -0.505 e. The van der Waals surface area contributed by atoms with Crippen molar-refractivity contribution in [2.75, 3.05) is 26.2 Å². The maximum Gasteiger partial charge on any atom is 0.166 e. The molecule has 2 N–H and O–H groups in total. The SMILES string of the molecule is N#Cc1cc(F)c(O)c([C@H](CC2CC2)N2CCNCC2)c1. The molecule has 4 nitrogen and oxygen atoms in total. The number of nitriles is 1. The number of hydrogen-bond donors (Lipinski definition) is 2. The molecule has 1 aliphatic heterocycles. The van der Waals surface area contributed by atoms with Crippen LogP contribution in [0.2, 0.25) is 0 Å². The van der Waals surface area contributed by atoms with Gasteiger partial charge in [-0.1, -0.05) is 12.8 Å². The van der Waals surface area contributed by atoms with Gasteiger partial charge in [0.25, 0.3) is 0 Å². The molecule has 3 rings (SSSR count). The summed E-state index contributed by atoms with van der Waals surface area (Å²) in [6.45, 7) is 3.58. The van der Waals surface area contributed by atoms with Crippen molar-refractivity contribution < 1.29 is 9.50 Å². The van der Waals surface area contributed by atoms with Crippen molar-refractivity contribution in [3.8, 4) is 11.8 Å². The van der Waals surface area contributed by atoms with Crippen LogP contribution in [0.3, 0.4) is 0 Å². The zero-order valence-electron chi connectivity index (χ0n) is 12.0. The fourth-order valence-electron chi connectivity index (χ4n) is 3.07. The van der Waals surface area contributed by atoms with Gasteiger partial charge in [-0.05, 0) is 24.5 Å². The monoisotopic (exact) mass is 289 g/mol. The van der Waals surface area contributed by atoms with E-state index in [-0.39, 0.29) is 17.4 Å². The topological polar surface area (TPSA) is 59.3 Å². The Balaban J connectivity index is 1.94. The minimum absolute atomic E-state index is 0.00222. The van der Waals surface area contributed by atoms with Crippen molar-refractivity contribution >= 4 is 0 Å². The Kier molecular flexibility index (Phi) is 4.09. The first-order valence-corrected chi connectivity index (χ1v) is 7.56. The minimum atomic E-state index is -0.694. The predicted octanol–water partition coefficient (Wildman–Crippen LogP) is 2.15. The molecule has 2 fully saturated rings. The van der Waals surface area contributed by atoms with Crippen molar-refractivity contribution in [2.24, 2.45) is 5.92 Å². The van der Waals surface area contributed by atoms with E-state index in [1.165, 1.54) is 12.8 Å². The Morgan fingerprint density at radius 1 is 1.38 bits per heavy atom. The zero-order chi connectivity index (χ0) is 14.8. The highest BCUT2D eigenvalue weighted by molar-refractivity contribution is 5.44. The summed E-state index contributed by atoms with van der Waals surface area (Å²) in [5, 5.41) is 22.5. The molecule has 0 amide bonds. The maximum atomic E-state index is 13.9. The molecule has 1 saturated heterocycles. The first-order chi connectivity index (χ1) is 10.2. The van der Waals surface area contributed by atoms with Gasteiger partial charge in [0.1, 0.15) is 0 Å². The second-order valence-electron chi connectivity index (χ2n) is 5.99. The Labute approximate surface area is 124 Å². The lowest BCUT2D eigenvalue weighted by Crippen LogP contribution is -2.45. The van der Waals surface area contributed by atoms with Crippen LogP contribution < -0.4 is 5.32 Å². The van der Waals surface area contributed by atoms with Crippen LogP contribution in [0.15, 0.2) is 12.1 Å². The van der Waals surface area contributed by atoms with E-state index < -0.39 is 5.82 Å². The number of nitrogens with one attached hydrogen (secondary N) is 1. The Hall–Kier alpha value is -1.64. The third-order valence-corrected chi connectivity index (χ3v) is 4.43. The van der Waals surface area contributed by atoms with E-state index in [0.29, 0.717) is 11.5 Å². The number of rotatable bonds is 4. The number of aromatic hydroxyl groups is 1. The molecule has 21 heavy (non-hydrogen) atoms. The molecule has 0 radical (unpaired) electrons. The normalized spacial score (nSPS) is 21.0. The van der Waals surface area contributed by atoms with Gasteiger partial charge in [-0.25, -0.2) is 4.39 Å². The van der Waals surface area contributed by atoms with Gasteiger partial charge in [0.15, 0.2) is 11.6 Å². The molecule has 0 bridgehead atoms. The van der Waals surface area contributed by atoms with E-state index >= 15 is 0 Å². The lowest BCUT2D eigenvalue weighted by Gasteiger charge is -2.35. The molecule has 1 atom stereocenters. The quantitative estimate of drug-likeness (QED) is 0.891. The third kappa shape index (κ3) is 3.17. The van der Waals surface area contributed by atoms with Crippen LogP contribution in [-0.2, 0) is 0 Å². The van der Waals surface area contributed by atoms with E-state index in [9.17, 15) is 9.50 Å². The van der Waals surface area contributed by atoms with E-state index in [0.717, 1.165) is 38.7 Å². The summed E-state index contributed by atoms with van der Waals surface area (Å²) in [6.07, 6.45) is 3.36. The van der Waals surface area contributed by atoms with E-state index in [2.05, 4.69) is 10.2 Å². The summed E-state index contributed by atoms with van der Waals surface area (Å²) in [5.41, 5.74) is 0.844. The van der Waals surface area contributed by atoms with Gasteiger partial charge >= 0.3 is 0 Å². The smallest absolute Gasteiger partial charge is 0.166 e. The lowest BCUT2D eigenvalue weighted by molar-refractivity contribution is 0.157. The summed E-state index contributed by atoms with van der Waals surface area (Å²) in [5.74, 6) is -0.323. The molecule has 2 aliphatic rings. The van der Waals surface area contributed by atoms with Gasteiger partial charge in [0.05, 0.1) is 11.6 Å². The number of hydrogen-bond acceptors (Lipinski definition) is 4. The summed E-state index contributed by atoms with van der Waals surface area (Å²) in [4.78, 5) is 2.30. The van der Waals surface area contributed by atoms with Crippen LogP contribution in [0.4, 0.5) is 4.39 Å². The molecule has 1 aromatic carbocycles. The second-order valence-corrected chi connectivity index (χ2v) is 5.99. The third-order valence-electron chi connectivity index (χ3n) is 4.43. The Bertz CT molecular complexity index is 559. The summed E-state index contributed by atoms with van der Waals surface area (Å²) in [7, 11) is 0. The molecule has 1 aromatic rings. The highest BCUT2D eigenvalue weighted by atomic mass is 19.1. The summed E-state index contributed by atoms with van der Waals surface area (Å²) >= 11 is 0. The Morgan fingerprint density at radius 2 is 2.10 bits per heavy atom. The number of phenols is 1. The molecular weight excluding hydrogens is 269 g/mol. The van der Waals surface area contributed by atoms with Gasteiger partial charge in [0.2, 0.25) is 0 Å². The number of phenolic OH excluding ortho intramolecular Hbond substituents is 1. The zero-order valence-corrected chi connectivity index (χ0v) is 12.0. The van der Waals surface area contributed by atoms with E-state index in [1.807, 2.05) is 6.07 Å². The standard InChI is InChI=1S/C16H20FN3O/c17-14-8-12(10-18)7-13(16(14)21)15(9-11-1-2-11)20-5-3-19-4-6-20/h7-8,11,15,19,21H,1-6,9H2/t15-/m0/s1. The van der Waals surface area contributed by atoms with Gasteiger partial charge in [0, 0.05) is 37.8 Å². The van der Waals surface area contributed by atoms with Crippen molar-refractivity contribution in [1.29, 1.82) is 5.26 Å². The second kappa shape index (κ2) is 6.00. The molecule has 0 spiro atoms. The number of nitrogens with zero attached hydrogens (tertiary/aromatic N) is 2. The first kappa shape index (κ1) is 14.3. The lowest BCUT2D eigenvalue weighted by atomic mass is 9.96. The van der Waals surface area contributed by atoms with E-state index in [1.54, 1.807) is 6.07 Å². The predicted molar refractivity (Wildman–Crippen MR) is 77.3 cm³/mol. The van der Waals surface area contributed by atoms with Gasteiger partial charge in [-0.2, -0.15) is 5.26 Å². The fraction of sp³-hybridized carbons (Fsp3) is 0.562. The van der Waals surface area contributed by atoms with Crippen LogP contribution in [0.25, 0.3) is 0 Å². The van der Waals surface area contributed by atoms with Crippen molar-refractivity contribution in [3.05, 3.63) is 29.1 Å². The fourth-order valence-corrected chi connectivity index (χ4v) is 3.07. The van der Waals surface area contributed by atoms with Crippen LogP contribution in [0.5, 0.6) is 5.75 Å². The maximum absolute atomic E-state index is 13.9. The number of piperazine rings is 1. The number of benzene rings is 1. The highest BCUT2D eigenvalue weighted by Crippen LogP contribution is 2.43. The average Bonchev–Trinajstić information content (AvgIpc) is 3.33. The summed E-state index contributed by atoms with van der Waals surface area (Å²) in [6, 6.07) is 4.73. The van der Waals surface area contributed by atoms with Gasteiger partial charge < -0.3 is 10.4 Å². The number of halogens is 1. The van der Waals surface area contributed by atoms with Crippen molar-refractivity contribution in [2.45, 2.75) is 25.3 Å². The summed E-state index contributed by atoms with van der Waals surface area (Å²) < 4.78 is 13.9. The molecule has 1 heterocycles. The highest BCUT2D eigenvalue weighted by Gasteiger charge is 2.32. The largest absolute Gasteiger partial charge is 0.505 e. The van der Waals surface area contributed by atoms with Crippen LogP contribution in [0.1, 0.15) is 36.4 Å².